The van der Waals surface area contributed by atoms with Crippen molar-refractivity contribution in [2.45, 2.75) is 38.7 Å². The lowest BCUT2D eigenvalue weighted by atomic mass is 9.55. The summed E-state index contributed by atoms with van der Waals surface area (Å²) in [5.74, 6) is 2.06. The first-order valence-electron chi connectivity index (χ1n) is 6.46. The van der Waals surface area contributed by atoms with Crippen LogP contribution in [0.25, 0.3) is 0 Å². The van der Waals surface area contributed by atoms with E-state index in [0.717, 1.165) is 29.9 Å². The van der Waals surface area contributed by atoms with Crippen molar-refractivity contribution >= 4 is 0 Å². The molecule has 1 fully saturated rings. The summed E-state index contributed by atoms with van der Waals surface area (Å²) in [5.41, 5.74) is 1.09. The van der Waals surface area contributed by atoms with E-state index in [1.165, 1.54) is 0 Å². The molecule has 3 heteroatoms. The van der Waals surface area contributed by atoms with Gasteiger partial charge in [-0.25, -0.2) is 0 Å². The molecule has 2 rings (SSSR count). The van der Waals surface area contributed by atoms with Crippen molar-refractivity contribution in [3.63, 3.8) is 0 Å². The number of hydrogen-bond donors (Lipinski definition) is 1. The zero-order valence-corrected chi connectivity index (χ0v) is 11.6. The average molecular weight is 250 g/mol. The molecule has 1 aliphatic carbocycles. The number of rotatable bonds is 4. The third-order valence-electron chi connectivity index (χ3n) is 4.59. The smallest absolute Gasteiger partial charge is 0.122 e. The maximum absolute atomic E-state index is 10.0. The maximum atomic E-state index is 10.0. The van der Waals surface area contributed by atoms with Crippen molar-refractivity contribution in [2.75, 3.05) is 14.2 Å². The predicted molar refractivity (Wildman–Crippen MR) is 71.3 cm³/mol. The molecule has 0 aliphatic heterocycles. The van der Waals surface area contributed by atoms with Crippen LogP contribution in [0.1, 0.15) is 38.2 Å². The second-order valence-electron chi connectivity index (χ2n) is 5.27. The summed E-state index contributed by atoms with van der Waals surface area (Å²) in [4.78, 5) is 0. The van der Waals surface area contributed by atoms with E-state index in [4.69, 9.17) is 9.47 Å². The molecule has 1 aliphatic rings. The van der Waals surface area contributed by atoms with E-state index in [2.05, 4.69) is 13.8 Å². The molecule has 0 amide bonds. The number of methoxy groups -OCH3 is 2. The topological polar surface area (TPSA) is 38.7 Å². The number of aliphatic hydroxyl groups excluding tert-OH is 1. The quantitative estimate of drug-likeness (QED) is 0.893. The Morgan fingerprint density at radius 2 is 2.06 bits per heavy atom. The zero-order chi connectivity index (χ0) is 13.3. The molecule has 0 spiro atoms. The average Bonchev–Trinajstić information content (AvgIpc) is 2.42. The van der Waals surface area contributed by atoms with Crippen LogP contribution < -0.4 is 9.47 Å². The highest BCUT2D eigenvalue weighted by atomic mass is 16.5. The Morgan fingerprint density at radius 1 is 1.33 bits per heavy atom. The van der Waals surface area contributed by atoms with Gasteiger partial charge in [0.05, 0.1) is 20.3 Å². The van der Waals surface area contributed by atoms with Gasteiger partial charge in [0.1, 0.15) is 11.5 Å². The summed E-state index contributed by atoms with van der Waals surface area (Å²) >= 11 is 0. The van der Waals surface area contributed by atoms with E-state index in [1.54, 1.807) is 14.2 Å². The van der Waals surface area contributed by atoms with E-state index in [1.807, 2.05) is 18.2 Å². The molecule has 0 radical (unpaired) electrons. The van der Waals surface area contributed by atoms with E-state index in [9.17, 15) is 5.11 Å². The molecule has 1 N–H and O–H groups in total. The fourth-order valence-corrected chi connectivity index (χ4v) is 2.91. The van der Waals surface area contributed by atoms with Crippen LogP contribution in [0.5, 0.6) is 11.5 Å². The van der Waals surface area contributed by atoms with Crippen LogP contribution in [0.3, 0.4) is 0 Å². The van der Waals surface area contributed by atoms with Gasteiger partial charge in [-0.3, -0.25) is 0 Å². The number of hydrogen-bond acceptors (Lipinski definition) is 3. The normalized spacial score (nSPS) is 30.7. The Labute approximate surface area is 109 Å². The first-order valence-corrected chi connectivity index (χ1v) is 6.46. The lowest BCUT2D eigenvalue weighted by Gasteiger charge is -2.52. The molecule has 18 heavy (non-hydrogen) atoms. The van der Waals surface area contributed by atoms with Crippen molar-refractivity contribution < 1.29 is 14.6 Å². The molecule has 3 atom stereocenters. The van der Waals surface area contributed by atoms with E-state index in [0.29, 0.717) is 5.92 Å². The van der Waals surface area contributed by atoms with Crippen LogP contribution in [0, 0.1) is 5.41 Å². The largest absolute Gasteiger partial charge is 0.497 e. The highest BCUT2D eigenvalue weighted by Gasteiger charge is 2.51. The van der Waals surface area contributed by atoms with E-state index >= 15 is 0 Å². The van der Waals surface area contributed by atoms with Gasteiger partial charge in [-0.05, 0) is 37.0 Å². The van der Waals surface area contributed by atoms with Gasteiger partial charge in [0.25, 0.3) is 0 Å². The molecule has 1 aromatic carbocycles. The summed E-state index contributed by atoms with van der Waals surface area (Å²) in [6.07, 6.45) is 1.54. The summed E-state index contributed by atoms with van der Waals surface area (Å²) < 4.78 is 10.7. The minimum atomic E-state index is -0.219. The lowest BCUT2D eigenvalue weighted by molar-refractivity contribution is -0.0783. The highest BCUT2D eigenvalue weighted by Crippen LogP contribution is 2.56. The molecule has 100 valence electrons. The molecule has 1 saturated carbocycles. The minimum Gasteiger partial charge on any atom is -0.497 e. The molecule has 0 bridgehead atoms. The third kappa shape index (κ3) is 1.87. The fourth-order valence-electron chi connectivity index (χ4n) is 2.91. The second-order valence-corrected chi connectivity index (χ2v) is 5.27. The molecular weight excluding hydrogens is 228 g/mol. The van der Waals surface area contributed by atoms with E-state index in [-0.39, 0.29) is 11.5 Å². The SMILES string of the molecule is CCC1(C)C(O)CC1c1cc(OC)ccc1OC. The first kappa shape index (κ1) is 13.2. The van der Waals surface area contributed by atoms with Gasteiger partial charge in [0.15, 0.2) is 0 Å². The lowest BCUT2D eigenvalue weighted by Crippen LogP contribution is -2.49. The van der Waals surface area contributed by atoms with Gasteiger partial charge in [-0.2, -0.15) is 0 Å². The summed E-state index contributed by atoms with van der Waals surface area (Å²) in [6, 6.07) is 5.87. The number of benzene rings is 1. The molecule has 0 heterocycles. The molecule has 0 saturated heterocycles. The minimum absolute atomic E-state index is 0.0559. The Hall–Kier alpha value is -1.22. The van der Waals surface area contributed by atoms with Crippen LogP contribution in [-0.4, -0.2) is 25.4 Å². The summed E-state index contributed by atoms with van der Waals surface area (Å²) in [5, 5.41) is 10.0. The second kappa shape index (κ2) is 4.81. The molecule has 3 nitrogen and oxygen atoms in total. The monoisotopic (exact) mass is 250 g/mol. The van der Waals surface area contributed by atoms with Gasteiger partial charge < -0.3 is 14.6 Å². The van der Waals surface area contributed by atoms with E-state index < -0.39 is 0 Å². The molecule has 3 unspecified atom stereocenters. The number of aliphatic hydroxyl groups is 1. The highest BCUT2D eigenvalue weighted by molar-refractivity contribution is 5.45. The molecule has 1 aromatic rings. The third-order valence-corrected chi connectivity index (χ3v) is 4.59. The van der Waals surface area contributed by atoms with Gasteiger partial charge in [0.2, 0.25) is 0 Å². The van der Waals surface area contributed by atoms with Crippen molar-refractivity contribution in [1.29, 1.82) is 0 Å². The predicted octanol–water partition coefficient (Wildman–Crippen LogP) is 2.97. The number of ether oxygens (including phenoxy) is 2. The van der Waals surface area contributed by atoms with Gasteiger partial charge in [-0.15, -0.1) is 0 Å². The molecular formula is C15H22O3. The first-order chi connectivity index (χ1) is 8.56. The summed E-state index contributed by atoms with van der Waals surface area (Å²) in [7, 11) is 3.35. The van der Waals surface area contributed by atoms with Crippen molar-refractivity contribution in [3.8, 4) is 11.5 Å². The Balaban J connectivity index is 2.38. The zero-order valence-electron chi connectivity index (χ0n) is 11.6. The van der Waals surface area contributed by atoms with Crippen LogP contribution >= 0.6 is 0 Å². The van der Waals surface area contributed by atoms with Crippen LogP contribution in [-0.2, 0) is 0 Å². The summed E-state index contributed by atoms with van der Waals surface area (Å²) in [6.45, 7) is 4.27. The van der Waals surface area contributed by atoms with Crippen molar-refractivity contribution in [2.24, 2.45) is 5.41 Å². The van der Waals surface area contributed by atoms with Crippen molar-refractivity contribution in [1.82, 2.24) is 0 Å². The van der Waals surface area contributed by atoms with Crippen LogP contribution in [0.4, 0.5) is 0 Å². The Bertz CT molecular complexity index is 430. The van der Waals surface area contributed by atoms with Crippen LogP contribution in [0.2, 0.25) is 0 Å². The van der Waals surface area contributed by atoms with Gasteiger partial charge in [0, 0.05) is 11.0 Å². The standard InChI is InChI=1S/C15H22O3/c1-5-15(2)12(9-14(15)16)11-8-10(17-3)6-7-13(11)18-4/h6-8,12,14,16H,5,9H2,1-4H3. The van der Waals surface area contributed by atoms with Crippen LogP contribution in [0.15, 0.2) is 18.2 Å². The van der Waals surface area contributed by atoms with Gasteiger partial charge in [-0.1, -0.05) is 13.8 Å². The fraction of sp³-hybridized carbons (Fsp3) is 0.600. The molecule has 0 aromatic heterocycles. The maximum Gasteiger partial charge on any atom is 0.122 e. The van der Waals surface area contributed by atoms with Gasteiger partial charge >= 0.3 is 0 Å². The Morgan fingerprint density at radius 3 is 2.56 bits per heavy atom. The Kier molecular flexibility index (Phi) is 3.53. The van der Waals surface area contributed by atoms with Crippen molar-refractivity contribution in [3.05, 3.63) is 23.8 Å².